The Morgan fingerprint density at radius 3 is 2.54 bits per heavy atom. The zero-order valence-electron chi connectivity index (χ0n) is 18.8. The summed E-state index contributed by atoms with van der Waals surface area (Å²) in [4.78, 5) is 27.0. The molecule has 0 radical (unpaired) electrons. The summed E-state index contributed by atoms with van der Waals surface area (Å²) in [6, 6.07) is 9.44. The van der Waals surface area contributed by atoms with Gasteiger partial charge in [0.15, 0.2) is 11.6 Å². The summed E-state index contributed by atoms with van der Waals surface area (Å²) in [7, 11) is -5.59. The first-order chi connectivity index (χ1) is 17.3. The van der Waals surface area contributed by atoms with Crippen molar-refractivity contribution in [3.05, 3.63) is 63.9 Å². The molecular formula is C22H19ClF4N4O5S. The quantitative estimate of drug-likeness (QED) is 0.357. The molecule has 1 saturated heterocycles. The molecule has 198 valence electrons. The number of nitrogens with zero attached hydrogens (tertiary/aromatic N) is 2. The van der Waals surface area contributed by atoms with Crippen molar-refractivity contribution in [2.75, 3.05) is 19.7 Å². The van der Waals surface area contributed by atoms with E-state index in [1.807, 2.05) is 6.07 Å². The molecule has 1 unspecified atom stereocenters. The molecule has 15 heteroatoms. The van der Waals surface area contributed by atoms with Gasteiger partial charge >= 0.3 is 15.5 Å². The van der Waals surface area contributed by atoms with Crippen LogP contribution in [-0.4, -0.2) is 56.4 Å². The molecule has 0 aromatic heterocycles. The number of alkyl halides is 3. The number of amides is 2. The van der Waals surface area contributed by atoms with E-state index < -0.39 is 52.2 Å². The highest BCUT2D eigenvalue weighted by molar-refractivity contribution is 7.90. The Morgan fingerprint density at radius 2 is 1.92 bits per heavy atom. The summed E-state index contributed by atoms with van der Waals surface area (Å²) >= 11 is 5.96. The Hall–Kier alpha value is -3.41. The van der Waals surface area contributed by atoms with E-state index in [-0.39, 0.29) is 23.0 Å². The lowest BCUT2D eigenvalue weighted by atomic mass is 10.1. The van der Waals surface area contributed by atoms with Crippen LogP contribution in [0.1, 0.15) is 27.9 Å². The third-order valence-electron chi connectivity index (χ3n) is 5.28. The van der Waals surface area contributed by atoms with E-state index in [4.69, 9.17) is 21.6 Å². The number of hydrogen-bond acceptors (Lipinski definition) is 6. The fraction of sp³-hybridized carbons (Fsp3) is 0.318. The summed E-state index contributed by atoms with van der Waals surface area (Å²) in [5, 5.41) is 11.1. The van der Waals surface area contributed by atoms with Gasteiger partial charge in [0.05, 0.1) is 22.2 Å². The highest BCUT2D eigenvalue weighted by Gasteiger charge is 2.45. The lowest BCUT2D eigenvalue weighted by Crippen LogP contribution is -2.41. The third kappa shape index (κ3) is 6.88. The smallest absolute Gasteiger partial charge is 0.489 e. The highest BCUT2D eigenvalue weighted by Crippen LogP contribution is 2.27. The van der Waals surface area contributed by atoms with Crippen LogP contribution >= 0.6 is 11.6 Å². The second kappa shape index (κ2) is 11.3. The van der Waals surface area contributed by atoms with Crippen LogP contribution < -0.4 is 14.8 Å². The molecule has 37 heavy (non-hydrogen) atoms. The van der Waals surface area contributed by atoms with E-state index >= 15 is 0 Å². The molecule has 0 aliphatic carbocycles. The number of sulfonamides is 1. The van der Waals surface area contributed by atoms with Gasteiger partial charge < -0.3 is 15.0 Å². The van der Waals surface area contributed by atoms with Gasteiger partial charge in [-0.2, -0.15) is 18.4 Å². The van der Waals surface area contributed by atoms with Crippen molar-refractivity contribution >= 4 is 33.4 Å². The van der Waals surface area contributed by atoms with E-state index in [0.717, 1.165) is 17.7 Å². The molecule has 0 bridgehead atoms. The van der Waals surface area contributed by atoms with Gasteiger partial charge in [-0.05, 0) is 36.2 Å². The second-order valence-corrected chi connectivity index (χ2v) is 10.0. The molecule has 1 atom stereocenters. The molecular weight excluding hydrogens is 544 g/mol. The van der Waals surface area contributed by atoms with E-state index in [1.54, 1.807) is 24.3 Å². The van der Waals surface area contributed by atoms with E-state index in [1.165, 1.54) is 9.62 Å². The highest BCUT2D eigenvalue weighted by atomic mass is 35.5. The fourth-order valence-corrected chi connectivity index (χ4v) is 4.16. The number of hydrogen-bond donors (Lipinski definition) is 2. The molecule has 0 saturated carbocycles. The topological polar surface area (TPSA) is 129 Å². The predicted octanol–water partition coefficient (Wildman–Crippen LogP) is 2.70. The standard InChI is InChI=1S/C22H19ClF4N4O5S/c23-16-10-17(24)19(36-8-6-29-37(34,35)22(25,26)27)9-15(16)20(32)30-18-5-7-31(21(18)33)12-14-3-1-13(11-28)2-4-14/h1-4,9-10,18,29H,5-8,12H2,(H,30,32). The maximum atomic E-state index is 14.2. The zero-order valence-corrected chi connectivity index (χ0v) is 20.4. The van der Waals surface area contributed by atoms with Gasteiger partial charge in [0.25, 0.3) is 5.91 Å². The molecule has 3 rings (SSSR count). The molecule has 2 aromatic rings. The SMILES string of the molecule is N#Cc1ccc(CN2CCC(NC(=O)c3cc(OCCNS(=O)(=O)C(F)(F)F)c(F)cc3Cl)C2=O)cc1. The Bertz CT molecular complexity index is 1330. The number of nitrogens with one attached hydrogen (secondary N) is 2. The third-order valence-corrected chi connectivity index (χ3v) is 6.79. The molecule has 9 nitrogen and oxygen atoms in total. The van der Waals surface area contributed by atoms with Crippen LogP contribution in [0.15, 0.2) is 36.4 Å². The molecule has 1 heterocycles. The summed E-state index contributed by atoms with van der Waals surface area (Å²) in [6.45, 7) is -0.884. The minimum atomic E-state index is -5.59. The van der Waals surface area contributed by atoms with Gasteiger partial charge in [0.1, 0.15) is 12.6 Å². The van der Waals surface area contributed by atoms with Crippen molar-refractivity contribution in [3.8, 4) is 11.8 Å². The summed E-state index contributed by atoms with van der Waals surface area (Å²) in [5.74, 6) is -2.76. The summed E-state index contributed by atoms with van der Waals surface area (Å²) in [5.41, 5.74) is -4.50. The summed E-state index contributed by atoms with van der Waals surface area (Å²) in [6.07, 6.45) is 0.294. The van der Waals surface area contributed by atoms with Gasteiger partial charge in [0.2, 0.25) is 5.91 Å². The lowest BCUT2D eigenvalue weighted by Gasteiger charge is -2.18. The number of likely N-dealkylation sites (tertiary alicyclic amines) is 1. The van der Waals surface area contributed by atoms with Crippen LogP contribution in [0.3, 0.4) is 0 Å². The maximum absolute atomic E-state index is 14.2. The van der Waals surface area contributed by atoms with Crippen molar-refractivity contribution in [1.29, 1.82) is 5.26 Å². The Kier molecular flexibility index (Phi) is 8.62. The number of halogens is 5. The minimum absolute atomic E-state index is 0.257. The van der Waals surface area contributed by atoms with Crippen LogP contribution in [0.4, 0.5) is 17.6 Å². The largest absolute Gasteiger partial charge is 0.511 e. The van der Waals surface area contributed by atoms with E-state index in [9.17, 15) is 35.6 Å². The molecule has 1 fully saturated rings. The van der Waals surface area contributed by atoms with Crippen molar-refractivity contribution in [2.24, 2.45) is 0 Å². The van der Waals surface area contributed by atoms with Crippen LogP contribution in [0, 0.1) is 17.1 Å². The number of nitriles is 1. The Morgan fingerprint density at radius 1 is 1.24 bits per heavy atom. The van der Waals surface area contributed by atoms with Crippen LogP contribution in [0.5, 0.6) is 5.75 Å². The fourth-order valence-electron chi connectivity index (χ4n) is 3.40. The Labute approximate surface area is 214 Å². The number of carbonyl (C=O) groups excluding carboxylic acids is 2. The monoisotopic (exact) mass is 562 g/mol. The van der Waals surface area contributed by atoms with Crippen LogP contribution in [0.25, 0.3) is 0 Å². The van der Waals surface area contributed by atoms with Gasteiger partial charge in [-0.1, -0.05) is 23.7 Å². The number of carbonyl (C=O) groups is 2. The first-order valence-corrected chi connectivity index (χ1v) is 12.4. The van der Waals surface area contributed by atoms with Crippen molar-refractivity contribution in [1.82, 2.24) is 14.9 Å². The normalized spacial score (nSPS) is 15.9. The van der Waals surface area contributed by atoms with Crippen molar-refractivity contribution in [2.45, 2.75) is 24.5 Å². The first kappa shape index (κ1) is 28.2. The summed E-state index contributed by atoms with van der Waals surface area (Å²) < 4.78 is 79.4. The van der Waals surface area contributed by atoms with E-state index in [2.05, 4.69) is 5.32 Å². The van der Waals surface area contributed by atoms with Gasteiger partial charge in [-0.25, -0.2) is 17.5 Å². The van der Waals surface area contributed by atoms with Crippen LogP contribution in [-0.2, 0) is 21.4 Å². The average Bonchev–Trinajstić information content (AvgIpc) is 3.16. The zero-order chi connectivity index (χ0) is 27.4. The molecule has 2 N–H and O–H groups in total. The van der Waals surface area contributed by atoms with Gasteiger partial charge in [-0.3, -0.25) is 9.59 Å². The van der Waals surface area contributed by atoms with Gasteiger partial charge in [0, 0.05) is 19.6 Å². The molecule has 1 aliphatic heterocycles. The minimum Gasteiger partial charge on any atom is -0.489 e. The van der Waals surface area contributed by atoms with Gasteiger partial charge in [-0.15, -0.1) is 0 Å². The van der Waals surface area contributed by atoms with Crippen molar-refractivity contribution < 1.29 is 40.3 Å². The number of rotatable bonds is 9. The molecule has 2 amide bonds. The lowest BCUT2D eigenvalue weighted by molar-refractivity contribution is -0.129. The maximum Gasteiger partial charge on any atom is 0.511 e. The van der Waals surface area contributed by atoms with E-state index in [0.29, 0.717) is 18.5 Å². The molecule has 1 aliphatic rings. The number of ether oxygens (including phenoxy) is 1. The van der Waals surface area contributed by atoms with Crippen molar-refractivity contribution in [3.63, 3.8) is 0 Å². The first-order valence-electron chi connectivity index (χ1n) is 10.6. The van der Waals surface area contributed by atoms with Crippen LogP contribution in [0.2, 0.25) is 5.02 Å². The predicted molar refractivity (Wildman–Crippen MR) is 122 cm³/mol. The average molecular weight is 563 g/mol. The second-order valence-electron chi connectivity index (χ2n) is 7.84. The number of benzene rings is 2. The Balaban J connectivity index is 1.60. The molecule has 0 spiro atoms. The molecule has 2 aromatic carbocycles.